The summed E-state index contributed by atoms with van der Waals surface area (Å²) in [6.45, 7) is 2.86. The number of amides is 1. The average Bonchev–Trinajstić information content (AvgIpc) is 3.60. The summed E-state index contributed by atoms with van der Waals surface area (Å²) >= 11 is 2.46. The lowest BCUT2D eigenvalue weighted by Crippen LogP contribution is -2.31. The monoisotopic (exact) mass is 535 g/mol. The Hall–Kier alpha value is -4.35. The molecule has 0 spiro atoms. The van der Waals surface area contributed by atoms with Crippen molar-refractivity contribution in [1.82, 2.24) is 10.2 Å². The fraction of sp³-hybridized carbons (Fsp3) is 0.115. The third kappa shape index (κ3) is 5.74. The number of anilines is 1. The van der Waals surface area contributed by atoms with Crippen LogP contribution in [0, 0.1) is 6.92 Å². The number of aliphatic hydroxyl groups is 1. The fourth-order valence-electron chi connectivity index (χ4n) is 3.65. The Labute approximate surface area is 219 Å². The van der Waals surface area contributed by atoms with E-state index in [1.54, 1.807) is 48.7 Å². The first-order valence-electron chi connectivity index (χ1n) is 10.9. The summed E-state index contributed by atoms with van der Waals surface area (Å²) in [6, 6.07) is 19.0. The molecule has 0 saturated carbocycles. The number of hydrogen-bond acceptors (Lipinski definition) is 9. The third-order valence-corrected chi connectivity index (χ3v) is 6.78. The van der Waals surface area contributed by atoms with Gasteiger partial charge in [-0.2, -0.15) is 0 Å². The number of nitrogens with zero attached hydrogens (tertiary/aromatic N) is 3. The summed E-state index contributed by atoms with van der Waals surface area (Å²) in [5.74, 6) is -1.32. The minimum absolute atomic E-state index is 0.00663. The molecule has 1 amide bonds. The predicted octanol–water partition coefficient (Wildman–Crippen LogP) is 5.57. The lowest BCUT2D eigenvalue weighted by atomic mass is 9.95. The molecule has 1 atom stereocenters. The van der Waals surface area contributed by atoms with Crippen LogP contribution in [0.5, 0.6) is 11.5 Å². The second-order valence-corrected chi connectivity index (χ2v) is 9.86. The minimum Gasteiger partial charge on any atom is -0.503 e. The SMILES string of the molecule is CC(=O)O.Cc1nnc(N2C(=O)C(O)=C(C(=O)c3cccs3)C2c2cccc(Oc3ccccc3)c2)s1. The second-order valence-electron chi connectivity index (χ2n) is 7.76. The number of rotatable bonds is 6. The van der Waals surface area contributed by atoms with Gasteiger partial charge in [-0.1, -0.05) is 47.7 Å². The van der Waals surface area contributed by atoms with Gasteiger partial charge in [0.2, 0.25) is 10.9 Å². The van der Waals surface area contributed by atoms with Crippen LogP contribution < -0.4 is 9.64 Å². The zero-order valence-corrected chi connectivity index (χ0v) is 21.3. The molecule has 0 saturated heterocycles. The van der Waals surface area contributed by atoms with Gasteiger partial charge >= 0.3 is 0 Å². The predicted molar refractivity (Wildman–Crippen MR) is 139 cm³/mol. The van der Waals surface area contributed by atoms with E-state index < -0.39 is 29.5 Å². The number of aromatic nitrogens is 2. The van der Waals surface area contributed by atoms with Crippen LogP contribution in [0.4, 0.5) is 5.13 Å². The molecule has 1 aliphatic heterocycles. The van der Waals surface area contributed by atoms with Crippen molar-refractivity contribution in [3.8, 4) is 11.5 Å². The molecule has 11 heteroatoms. The molecule has 0 bridgehead atoms. The number of aliphatic carboxylic acids is 1. The van der Waals surface area contributed by atoms with Crippen LogP contribution in [-0.4, -0.2) is 38.1 Å². The molecule has 3 heterocycles. The number of aliphatic hydroxyl groups excluding tert-OH is 1. The van der Waals surface area contributed by atoms with Gasteiger partial charge in [-0.25, -0.2) is 0 Å². The lowest BCUT2D eigenvalue weighted by Gasteiger charge is -2.24. The van der Waals surface area contributed by atoms with Crippen molar-refractivity contribution < 1.29 is 29.3 Å². The number of para-hydroxylation sites is 1. The van der Waals surface area contributed by atoms with Gasteiger partial charge < -0.3 is 14.9 Å². The van der Waals surface area contributed by atoms with Crippen LogP contribution in [-0.2, 0) is 9.59 Å². The summed E-state index contributed by atoms with van der Waals surface area (Å²) in [5.41, 5.74) is 0.612. The number of hydrogen-bond donors (Lipinski definition) is 2. The molecular weight excluding hydrogens is 514 g/mol. The van der Waals surface area contributed by atoms with E-state index in [0.717, 1.165) is 6.92 Å². The van der Waals surface area contributed by atoms with E-state index in [1.807, 2.05) is 30.3 Å². The van der Waals surface area contributed by atoms with Crippen molar-refractivity contribution in [1.29, 1.82) is 0 Å². The summed E-state index contributed by atoms with van der Waals surface area (Å²) in [5, 5.41) is 29.1. The van der Waals surface area contributed by atoms with E-state index >= 15 is 0 Å². The van der Waals surface area contributed by atoms with Crippen molar-refractivity contribution in [3.05, 3.63) is 98.9 Å². The number of carboxylic acid groups (broad SMARTS) is 1. The number of carbonyl (C=O) groups is 3. The number of Topliss-reactive ketones (excluding diaryl/α,β-unsaturated/α-hetero) is 1. The molecule has 37 heavy (non-hydrogen) atoms. The van der Waals surface area contributed by atoms with Crippen molar-refractivity contribution in [2.75, 3.05) is 4.90 Å². The highest BCUT2D eigenvalue weighted by Crippen LogP contribution is 2.43. The Kier molecular flexibility index (Phi) is 7.75. The molecule has 5 rings (SSSR count). The zero-order valence-electron chi connectivity index (χ0n) is 19.7. The minimum atomic E-state index is -0.876. The Morgan fingerprint density at radius 3 is 2.32 bits per heavy atom. The Bertz CT molecular complexity index is 1460. The highest BCUT2D eigenvalue weighted by molar-refractivity contribution is 7.15. The number of carbonyl (C=O) groups excluding carboxylic acids is 2. The summed E-state index contributed by atoms with van der Waals surface area (Å²) < 4.78 is 5.96. The molecule has 1 unspecified atom stereocenters. The molecule has 0 aliphatic carbocycles. The number of ether oxygens (including phenoxy) is 1. The lowest BCUT2D eigenvalue weighted by molar-refractivity contribution is -0.134. The van der Waals surface area contributed by atoms with Gasteiger partial charge in [0, 0.05) is 6.92 Å². The van der Waals surface area contributed by atoms with Gasteiger partial charge in [0.05, 0.1) is 16.5 Å². The molecule has 2 aromatic heterocycles. The average molecular weight is 536 g/mol. The van der Waals surface area contributed by atoms with Crippen molar-refractivity contribution in [2.24, 2.45) is 0 Å². The van der Waals surface area contributed by atoms with Crippen LogP contribution in [0.1, 0.15) is 33.2 Å². The standard InChI is InChI=1S/C24H17N3O4S2.C2H4O2/c1-14-25-26-24(33-14)27-20(19(22(29)23(27)30)21(28)18-11-6-12-32-18)15-7-5-10-17(13-15)31-16-8-3-2-4-9-16;1-2(3)4/h2-13,20,29H,1H3;1H3,(H,3,4). The van der Waals surface area contributed by atoms with Gasteiger partial charge in [0.1, 0.15) is 16.5 Å². The highest BCUT2D eigenvalue weighted by atomic mass is 32.1. The Morgan fingerprint density at radius 1 is 1.00 bits per heavy atom. The molecule has 2 aromatic carbocycles. The maximum atomic E-state index is 13.4. The van der Waals surface area contributed by atoms with Gasteiger partial charge in [-0.05, 0) is 48.2 Å². The topological polar surface area (TPSA) is 130 Å². The van der Waals surface area contributed by atoms with E-state index in [0.29, 0.717) is 32.1 Å². The van der Waals surface area contributed by atoms with E-state index in [-0.39, 0.29) is 5.57 Å². The first kappa shape index (κ1) is 25.7. The molecule has 0 radical (unpaired) electrons. The number of aryl methyl sites for hydroxylation is 1. The fourth-order valence-corrected chi connectivity index (χ4v) is 5.04. The zero-order chi connectivity index (χ0) is 26.5. The van der Waals surface area contributed by atoms with Gasteiger partial charge in [-0.3, -0.25) is 19.3 Å². The summed E-state index contributed by atoms with van der Waals surface area (Å²) in [4.78, 5) is 37.2. The van der Waals surface area contributed by atoms with Crippen molar-refractivity contribution in [2.45, 2.75) is 19.9 Å². The van der Waals surface area contributed by atoms with Gasteiger partial charge in [-0.15, -0.1) is 21.5 Å². The maximum absolute atomic E-state index is 13.4. The highest BCUT2D eigenvalue weighted by Gasteiger charge is 2.46. The number of benzene rings is 2. The van der Waals surface area contributed by atoms with Crippen LogP contribution in [0.15, 0.2) is 83.4 Å². The van der Waals surface area contributed by atoms with E-state index in [4.69, 9.17) is 14.6 Å². The van der Waals surface area contributed by atoms with Crippen LogP contribution >= 0.6 is 22.7 Å². The quantitative estimate of drug-likeness (QED) is 0.306. The van der Waals surface area contributed by atoms with E-state index in [1.165, 1.54) is 27.6 Å². The van der Waals surface area contributed by atoms with Crippen molar-refractivity contribution >= 4 is 45.5 Å². The smallest absolute Gasteiger partial charge is 0.300 e. The number of ketones is 1. The van der Waals surface area contributed by atoms with E-state index in [2.05, 4.69) is 10.2 Å². The third-order valence-electron chi connectivity index (χ3n) is 5.07. The summed E-state index contributed by atoms with van der Waals surface area (Å²) in [6.07, 6.45) is 0. The number of thiophene rings is 1. The number of carboxylic acids is 1. The Morgan fingerprint density at radius 2 is 1.70 bits per heavy atom. The van der Waals surface area contributed by atoms with E-state index in [9.17, 15) is 14.7 Å². The molecule has 1 aliphatic rings. The molecule has 9 nitrogen and oxygen atoms in total. The maximum Gasteiger partial charge on any atom is 0.300 e. The van der Waals surface area contributed by atoms with Crippen molar-refractivity contribution in [3.63, 3.8) is 0 Å². The molecular formula is C26H21N3O6S2. The summed E-state index contributed by atoms with van der Waals surface area (Å²) in [7, 11) is 0. The molecule has 188 valence electrons. The van der Waals surface area contributed by atoms with Gasteiger partial charge in [0.25, 0.3) is 11.9 Å². The first-order chi connectivity index (χ1) is 17.8. The Balaban J connectivity index is 0.000000747. The molecule has 0 fully saturated rings. The molecule has 4 aromatic rings. The van der Waals surface area contributed by atoms with Gasteiger partial charge in [0.15, 0.2) is 5.76 Å². The second kappa shape index (κ2) is 11.1. The van der Waals surface area contributed by atoms with Crippen LogP contribution in [0.3, 0.4) is 0 Å². The van der Waals surface area contributed by atoms with Crippen LogP contribution in [0.25, 0.3) is 0 Å². The first-order valence-corrected chi connectivity index (χ1v) is 12.6. The largest absolute Gasteiger partial charge is 0.503 e. The van der Waals surface area contributed by atoms with Crippen LogP contribution in [0.2, 0.25) is 0 Å². The molecule has 2 N–H and O–H groups in total. The normalized spacial score (nSPS) is 14.8.